The van der Waals surface area contributed by atoms with E-state index in [0.29, 0.717) is 93.3 Å². The number of aliphatic hydroxyl groups is 1. The van der Waals surface area contributed by atoms with Crippen molar-refractivity contribution in [2.75, 3.05) is 95.7 Å². The third kappa shape index (κ3) is 10.8. The van der Waals surface area contributed by atoms with E-state index < -0.39 is 58.7 Å². The lowest BCUT2D eigenvalue weighted by Gasteiger charge is -2.46. The second-order valence-corrected chi connectivity index (χ2v) is 19.1. The van der Waals surface area contributed by atoms with E-state index in [1.54, 1.807) is 42.5 Å². The number of carbonyl (C=O) groups is 7. The van der Waals surface area contributed by atoms with Crippen LogP contribution >= 0.6 is 0 Å². The fourth-order valence-corrected chi connectivity index (χ4v) is 10.4. The van der Waals surface area contributed by atoms with Crippen LogP contribution in [0.3, 0.4) is 0 Å². The number of nitrogens with zero attached hydrogens (tertiary/aromatic N) is 4. The van der Waals surface area contributed by atoms with E-state index in [0.717, 1.165) is 62.4 Å². The molecule has 21 heteroatoms. The summed E-state index contributed by atoms with van der Waals surface area (Å²) in [6.45, 7) is 6.74. The molecule has 4 fully saturated rings. The lowest BCUT2D eigenvalue weighted by Crippen LogP contribution is -2.54. The van der Waals surface area contributed by atoms with Gasteiger partial charge in [0.05, 0.1) is 50.8 Å². The Bertz CT molecular complexity index is 2730. The summed E-state index contributed by atoms with van der Waals surface area (Å²) in [4.78, 5) is 100. The molecule has 0 aliphatic carbocycles. The molecule has 1 unspecified atom stereocenters. The maximum Gasteiger partial charge on any atom is 0.270 e. The number of halogens is 2. The molecular weight excluding hydrogens is 939 g/mol. The quantitative estimate of drug-likeness (QED) is 0.0517. The first-order valence-corrected chi connectivity index (χ1v) is 24.5. The van der Waals surface area contributed by atoms with Crippen LogP contribution in [0.15, 0.2) is 60.7 Å². The minimum Gasteiger partial charge on any atom is -0.382 e. The van der Waals surface area contributed by atoms with Crippen molar-refractivity contribution in [3.63, 3.8) is 0 Å². The van der Waals surface area contributed by atoms with E-state index in [1.807, 2.05) is 4.90 Å². The molecule has 0 bridgehead atoms. The molecule has 5 aliphatic heterocycles. The summed E-state index contributed by atoms with van der Waals surface area (Å²) in [6, 6.07) is 13.6. The van der Waals surface area contributed by atoms with Gasteiger partial charge in [-0.15, -0.1) is 0 Å². The summed E-state index contributed by atoms with van der Waals surface area (Å²) >= 11 is 0. The van der Waals surface area contributed by atoms with Gasteiger partial charge in [0.1, 0.15) is 23.4 Å². The number of ether oxygens (including phenoxy) is 3. The Morgan fingerprint density at radius 1 is 0.778 bits per heavy atom. The summed E-state index contributed by atoms with van der Waals surface area (Å²) in [6.07, 6.45) is 3.91. The number of carbonyl (C=O) groups excluding carboxylic acids is 7. The SMILES string of the molecule is O=C1CCC(N2C(=O)c3cccc(NCCOCCOCCOCCN4CCC5(CC4)CCN(C(=O)c4cc6cc(N7CC[C@](O)(C(=O)NCc8cc(F)cc(F)c8)C7=O)ccc6[nH]4)CC5)c3C2=O)C(=O)N1. The molecule has 3 aromatic carbocycles. The van der Waals surface area contributed by atoms with Crippen LogP contribution in [-0.2, 0) is 39.9 Å². The van der Waals surface area contributed by atoms with Crippen molar-refractivity contribution in [3.8, 4) is 0 Å². The Kier molecular flexibility index (Phi) is 15.1. The second kappa shape index (κ2) is 21.6. The number of benzene rings is 3. The van der Waals surface area contributed by atoms with Gasteiger partial charge in [-0.3, -0.25) is 43.8 Å². The van der Waals surface area contributed by atoms with Crippen molar-refractivity contribution in [3.05, 3.63) is 94.7 Å². The second-order valence-electron chi connectivity index (χ2n) is 19.1. The Morgan fingerprint density at radius 2 is 1.47 bits per heavy atom. The number of piperidine rings is 3. The highest BCUT2D eigenvalue weighted by molar-refractivity contribution is 6.25. The highest BCUT2D eigenvalue weighted by atomic mass is 19.1. The molecule has 4 saturated heterocycles. The molecule has 4 aromatic rings. The molecule has 382 valence electrons. The van der Waals surface area contributed by atoms with E-state index in [2.05, 4.69) is 25.8 Å². The number of H-pyrrole nitrogens is 1. The topological polar surface area (TPSA) is 232 Å². The molecule has 6 heterocycles. The fraction of sp³-hybridized carbons (Fsp3) is 0.471. The molecule has 9 rings (SSSR count). The highest BCUT2D eigenvalue weighted by Gasteiger charge is 2.52. The van der Waals surface area contributed by atoms with Gasteiger partial charge in [0.15, 0.2) is 0 Å². The molecule has 5 N–H and O–H groups in total. The number of hydrogen-bond donors (Lipinski definition) is 5. The number of nitrogens with one attached hydrogen (secondary N) is 4. The summed E-state index contributed by atoms with van der Waals surface area (Å²) < 4.78 is 44.4. The smallest absolute Gasteiger partial charge is 0.270 e. The van der Waals surface area contributed by atoms with Crippen molar-refractivity contribution in [1.29, 1.82) is 0 Å². The van der Waals surface area contributed by atoms with Gasteiger partial charge in [0, 0.05) is 80.5 Å². The average Bonchev–Trinajstić information content (AvgIpc) is 4.02. The van der Waals surface area contributed by atoms with Gasteiger partial charge in [-0.1, -0.05) is 6.07 Å². The number of amides is 7. The van der Waals surface area contributed by atoms with Crippen molar-refractivity contribution in [2.45, 2.75) is 63.1 Å². The summed E-state index contributed by atoms with van der Waals surface area (Å²) in [5, 5.41) is 19.6. The Hall–Kier alpha value is -6.65. The van der Waals surface area contributed by atoms with Crippen LogP contribution in [0.1, 0.15) is 81.7 Å². The minimum absolute atomic E-state index is 0.0517. The lowest BCUT2D eigenvalue weighted by molar-refractivity contribution is -0.149. The normalized spacial score (nSPS) is 21.2. The number of fused-ring (bicyclic) bond motifs is 2. The third-order valence-electron chi connectivity index (χ3n) is 14.5. The highest BCUT2D eigenvalue weighted by Crippen LogP contribution is 2.42. The summed E-state index contributed by atoms with van der Waals surface area (Å²) in [5.41, 5.74) is 0.449. The number of hydrogen-bond acceptors (Lipinski definition) is 13. The van der Waals surface area contributed by atoms with E-state index in [1.165, 1.54) is 4.90 Å². The van der Waals surface area contributed by atoms with Crippen LogP contribution < -0.4 is 20.9 Å². The van der Waals surface area contributed by atoms with Crippen molar-refractivity contribution in [2.24, 2.45) is 5.41 Å². The van der Waals surface area contributed by atoms with Crippen LogP contribution in [0.4, 0.5) is 20.2 Å². The number of rotatable bonds is 19. The maximum atomic E-state index is 13.7. The molecule has 0 radical (unpaired) electrons. The third-order valence-corrected chi connectivity index (χ3v) is 14.5. The Morgan fingerprint density at radius 3 is 2.19 bits per heavy atom. The zero-order valence-electron chi connectivity index (χ0n) is 39.8. The van der Waals surface area contributed by atoms with Crippen molar-refractivity contribution < 1.29 is 61.7 Å². The van der Waals surface area contributed by atoms with E-state index >= 15 is 0 Å². The molecular formula is C51H58F2N8O11. The van der Waals surface area contributed by atoms with Crippen molar-refractivity contribution in [1.82, 2.24) is 30.3 Å². The van der Waals surface area contributed by atoms with E-state index in [-0.39, 0.29) is 60.4 Å². The van der Waals surface area contributed by atoms with Crippen LogP contribution in [0.5, 0.6) is 0 Å². The number of likely N-dealkylation sites (tertiary alicyclic amines) is 2. The molecule has 2 atom stereocenters. The van der Waals surface area contributed by atoms with Gasteiger partial charge in [0.25, 0.3) is 29.5 Å². The number of anilines is 2. The predicted molar refractivity (Wildman–Crippen MR) is 256 cm³/mol. The molecule has 7 amide bonds. The van der Waals surface area contributed by atoms with E-state index in [9.17, 15) is 47.4 Å². The summed E-state index contributed by atoms with van der Waals surface area (Å²) in [7, 11) is 0. The molecule has 1 aromatic heterocycles. The van der Waals surface area contributed by atoms with Gasteiger partial charge in [0.2, 0.25) is 17.4 Å². The number of imide groups is 2. The predicted octanol–water partition coefficient (Wildman–Crippen LogP) is 3.11. The van der Waals surface area contributed by atoms with Crippen LogP contribution in [0.2, 0.25) is 0 Å². The first-order chi connectivity index (χ1) is 34.7. The largest absolute Gasteiger partial charge is 0.382 e. The van der Waals surface area contributed by atoms with Gasteiger partial charge < -0.3 is 49.6 Å². The molecule has 72 heavy (non-hydrogen) atoms. The first kappa shape index (κ1) is 50.3. The maximum absolute atomic E-state index is 13.7. The van der Waals surface area contributed by atoms with Gasteiger partial charge >= 0.3 is 0 Å². The lowest BCUT2D eigenvalue weighted by atomic mass is 9.71. The summed E-state index contributed by atoms with van der Waals surface area (Å²) in [5.74, 6) is -5.70. The van der Waals surface area contributed by atoms with Crippen LogP contribution in [0, 0.1) is 17.0 Å². The Labute approximate surface area is 413 Å². The van der Waals surface area contributed by atoms with Crippen LogP contribution in [0.25, 0.3) is 10.9 Å². The number of aromatic amines is 1. The van der Waals surface area contributed by atoms with Gasteiger partial charge in [-0.05, 0) is 105 Å². The zero-order chi connectivity index (χ0) is 50.6. The molecule has 1 spiro atoms. The Balaban J connectivity index is 0.626. The van der Waals surface area contributed by atoms with E-state index in [4.69, 9.17) is 14.2 Å². The number of aromatic nitrogens is 1. The van der Waals surface area contributed by atoms with Gasteiger partial charge in [-0.25, -0.2) is 8.78 Å². The minimum atomic E-state index is -2.35. The zero-order valence-corrected chi connectivity index (χ0v) is 39.8. The molecule has 5 aliphatic rings. The average molecular weight is 997 g/mol. The molecule has 19 nitrogen and oxygen atoms in total. The first-order valence-electron chi connectivity index (χ1n) is 24.5. The van der Waals surface area contributed by atoms with Crippen LogP contribution in [-0.4, -0.2) is 163 Å². The van der Waals surface area contributed by atoms with Gasteiger partial charge in [-0.2, -0.15) is 0 Å². The molecule has 0 saturated carbocycles. The fourth-order valence-electron chi connectivity index (χ4n) is 10.4. The van der Waals surface area contributed by atoms with Crippen molar-refractivity contribution >= 4 is 63.6 Å². The monoisotopic (exact) mass is 996 g/mol. The standard InChI is InChI=1S/C51H58F2N8O11/c52-34-26-32(27-35(53)30-34)31-55-48(67)51(69)12-18-60(49(51)68)36-4-5-38-33(28-36)29-40(56-38)46(65)59-16-10-50(11-17-59)8-14-58(15-9-50)19-21-71-23-25-72-24-22-70-20-13-54-39-3-1-2-37-43(39)47(66)61(45(37)64)41-6-7-42(62)57-44(41)63/h1-5,26-30,41,54,56,69H,6-25,31H2,(H,55,67)(H,57,62,63)/t41?,51-/m0/s1.